The van der Waals surface area contributed by atoms with Gasteiger partial charge in [0, 0.05) is 42.5 Å². The fourth-order valence-electron chi connectivity index (χ4n) is 5.31. The molecular weight excluding hydrogens is 374 g/mol. The highest BCUT2D eigenvalue weighted by Crippen LogP contribution is 2.38. The molecule has 0 radical (unpaired) electrons. The van der Waals surface area contributed by atoms with Crippen LogP contribution < -0.4 is 10.2 Å². The molecule has 154 valence electrons. The first-order chi connectivity index (χ1) is 14.5. The van der Waals surface area contributed by atoms with Crippen LogP contribution in [-0.2, 0) is 0 Å². The van der Waals surface area contributed by atoms with Gasteiger partial charge in [-0.25, -0.2) is 14.5 Å². The number of H-pyrrole nitrogens is 1. The van der Waals surface area contributed by atoms with Crippen molar-refractivity contribution in [1.29, 1.82) is 0 Å². The van der Waals surface area contributed by atoms with E-state index in [0.717, 1.165) is 52.4 Å². The number of pyridine rings is 2. The molecule has 7 nitrogen and oxygen atoms in total. The van der Waals surface area contributed by atoms with E-state index in [0.29, 0.717) is 18.0 Å². The largest absolute Gasteiger partial charge is 0.353 e. The molecule has 0 aliphatic carbocycles. The molecule has 2 N–H and O–H groups in total. The van der Waals surface area contributed by atoms with Crippen LogP contribution in [0, 0.1) is 13.8 Å². The fourth-order valence-corrected chi connectivity index (χ4v) is 5.31. The molecule has 0 amide bonds. The second-order valence-electron chi connectivity index (χ2n) is 9.10. The minimum absolute atomic E-state index is 0.347. The number of aryl methyl sites for hydroxylation is 1. The standard InChI is InChI=1S/C23H27N7/c1-12(2)20-21(17-10-30-23(25-11-26-30)14(4)13(17)3)27-18-5-6-19(28-22(18)20)29-9-15-7-16(29)8-24-15/h5-6,10-12,15-16,24,27H,7-9H2,1-4H3/t15-,16-/m1/s1. The van der Waals surface area contributed by atoms with Crippen molar-refractivity contribution in [2.45, 2.75) is 52.1 Å². The summed E-state index contributed by atoms with van der Waals surface area (Å²) >= 11 is 0. The smallest absolute Gasteiger partial charge is 0.158 e. The van der Waals surface area contributed by atoms with Gasteiger partial charge in [-0.3, -0.25) is 0 Å². The first kappa shape index (κ1) is 17.9. The maximum absolute atomic E-state index is 5.18. The van der Waals surface area contributed by atoms with Gasteiger partial charge in [-0.15, -0.1) is 0 Å². The third kappa shape index (κ3) is 2.45. The molecular formula is C23H27N7. The first-order valence-electron chi connectivity index (χ1n) is 10.8. The number of rotatable bonds is 3. The summed E-state index contributed by atoms with van der Waals surface area (Å²) < 4.78 is 1.88. The Bertz CT molecular complexity index is 1280. The molecule has 6 heterocycles. The lowest BCUT2D eigenvalue weighted by Gasteiger charge is -2.28. The molecule has 0 spiro atoms. The molecule has 4 aromatic heterocycles. The summed E-state index contributed by atoms with van der Waals surface area (Å²) in [6.07, 6.45) is 4.94. The SMILES string of the molecule is Cc1c(-c2[nH]c3ccc(N4C[C@H]5C[C@@H]4CN5)nc3c2C(C)C)cn2ncnc2c1C. The Morgan fingerprint density at radius 1 is 1.17 bits per heavy atom. The lowest BCUT2D eigenvalue weighted by molar-refractivity contribution is 0.577. The number of nitrogens with one attached hydrogen (secondary N) is 2. The molecule has 0 saturated carbocycles. The molecule has 2 fully saturated rings. The van der Waals surface area contributed by atoms with E-state index in [1.54, 1.807) is 6.33 Å². The van der Waals surface area contributed by atoms with Crippen molar-refractivity contribution >= 4 is 22.5 Å². The second-order valence-corrected chi connectivity index (χ2v) is 9.10. The maximum Gasteiger partial charge on any atom is 0.158 e. The number of piperazine rings is 1. The molecule has 30 heavy (non-hydrogen) atoms. The van der Waals surface area contributed by atoms with Crippen molar-refractivity contribution < 1.29 is 0 Å². The van der Waals surface area contributed by atoms with Crippen LogP contribution >= 0.6 is 0 Å². The van der Waals surface area contributed by atoms with Crippen LogP contribution in [-0.4, -0.2) is 49.7 Å². The number of hydrogen-bond donors (Lipinski definition) is 2. The molecule has 7 heteroatoms. The first-order valence-corrected chi connectivity index (χ1v) is 10.8. The lowest BCUT2D eigenvalue weighted by atomic mass is 9.95. The average Bonchev–Trinajstić information content (AvgIpc) is 3.51. The summed E-state index contributed by atoms with van der Waals surface area (Å²) in [6, 6.07) is 5.55. The quantitative estimate of drug-likeness (QED) is 0.549. The molecule has 4 aromatic rings. The Kier molecular flexibility index (Phi) is 3.75. The molecule has 2 aliphatic heterocycles. The van der Waals surface area contributed by atoms with Crippen molar-refractivity contribution in [3.8, 4) is 11.3 Å². The van der Waals surface area contributed by atoms with Crippen molar-refractivity contribution in [1.82, 2.24) is 29.9 Å². The predicted molar refractivity (Wildman–Crippen MR) is 119 cm³/mol. The molecule has 0 aromatic carbocycles. The minimum Gasteiger partial charge on any atom is -0.353 e. The van der Waals surface area contributed by atoms with Crippen LogP contribution in [0.4, 0.5) is 5.82 Å². The highest BCUT2D eigenvalue weighted by atomic mass is 15.3. The van der Waals surface area contributed by atoms with Crippen LogP contribution in [0.15, 0.2) is 24.7 Å². The normalized spacial score (nSPS) is 21.0. The summed E-state index contributed by atoms with van der Waals surface area (Å²) in [5.41, 5.74) is 9.07. The van der Waals surface area contributed by atoms with E-state index in [4.69, 9.17) is 4.98 Å². The van der Waals surface area contributed by atoms with Crippen LogP contribution in [0.5, 0.6) is 0 Å². The Morgan fingerprint density at radius 3 is 2.77 bits per heavy atom. The van der Waals surface area contributed by atoms with Gasteiger partial charge < -0.3 is 15.2 Å². The van der Waals surface area contributed by atoms with E-state index in [1.165, 1.54) is 17.5 Å². The highest BCUT2D eigenvalue weighted by Gasteiger charge is 2.38. The average molecular weight is 402 g/mol. The van der Waals surface area contributed by atoms with E-state index in [2.05, 4.69) is 71.3 Å². The van der Waals surface area contributed by atoms with Crippen LogP contribution in [0.1, 0.15) is 42.9 Å². The summed E-state index contributed by atoms with van der Waals surface area (Å²) in [5.74, 6) is 1.45. The van der Waals surface area contributed by atoms with E-state index < -0.39 is 0 Å². The molecule has 2 atom stereocenters. The van der Waals surface area contributed by atoms with Crippen LogP contribution in [0.2, 0.25) is 0 Å². The molecule has 2 bridgehead atoms. The molecule has 6 rings (SSSR count). The number of anilines is 1. The van der Waals surface area contributed by atoms with Gasteiger partial charge in [-0.1, -0.05) is 13.8 Å². The van der Waals surface area contributed by atoms with Gasteiger partial charge in [-0.2, -0.15) is 5.10 Å². The molecule has 2 aliphatic rings. The van der Waals surface area contributed by atoms with Gasteiger partial charge in [0.15, 0.2) is 5.65 Å². The van der Waals surface area contributed by atoms with Crippen LogP contribution in [0.25, 0.3) is 27.9 Å². The number of fused-ring (bicyclic) bond motifs is 4. The Balaban J connectivity index is 1.55. The summed E-state index contributed by atoms with van der Waals surface area (Å²) in [5, 5.41) is 7.97. The summed E-state index contributed by atoms with van der Waals surface area (Å²) in [6.45, 7) is 10.9. The summed E-state index contributed by atoms with van der Waals surface area (Å²) in [7, 11) is 0. The zero-order valence-electron chi connectivity index (χ0n) is 17.9. The van der Waals surface area contributed by atoms with Gasteiger partial charge in [-0.05, 0) is 49.4 Å². The van der Waals surface area contributed by atoms with Crippen molar-refractivity contribution in [2.75, 3.05) is 18.0 Å². The van der Waals surface area contributed by atoms with Crippen molar-refractivity contribution in [3.63, 3.8) is 0 Å². The van der Waals surface area contributed by atoms with E-state index in [9.17, 15) is 0 Å². The predicted octanol–water partition coefficient (Wildman–Crippen LogP) is 3.56. The van der Waals surface area contributed by atoms with E-state index in [-0.39, 0.29) is 0 Å². The maximum atomic E-state index is 5.18. The molecule has 2 saturated heterocycles. The topological polar surface area (TPSA) is 74.1 Å². The van der Waals surface area contributed by atoms with Crippen molar-refractivity contribution in [2.24, 2.45) is 0 Å². The zero-order valence-corrected chi connectivity index (χ0v) is 17.9. The number of nitrogens with zero attached hydrogens (tertiary/aromatic N) is 5. The van der Waals surface area contributed by atoms with Gasteiger partial charge >= 0.3 is 0 Å². The van der Waals surface area contributed by atoms with Gasteiger partial charge in [0.25, 0.3) is 0 Å². The minimum atomic E-state index is 0.347. The number of hydrogen-bond acceptors (Lipinski definition) is 5. The second kappa shape index (κ2) is 6.28. The Labute approximate surface area is 175 Å². The van der Waals surface area contributed by atoms with Gasteiger partial charge in [0.1, 0.15) is 12.1 Å². The fraction of sp³-hybridized carbons (Fsp3) is 0.435. The van der Waals surface area contributed by atoms with Crippen molar-refractivity contribution in [3.05, 3.63) is 41.3 Å². The molecule has 0 unspecified atom stereocenters. The third-order valence-corrected chi connectivity index (χ3v) is 6.99. The monoisotopic (exact) mass is 401 g/mol. The number of aromatic amines is 1. The summed E-state index contributed by atoms with van der Waals surface area (Å²) in [4.78, 5) is 15.8. The van der Waals surface area contributed by atoms with E-state index >= 15 is 0 Å². The lowest BCUT2D eigenvalue weighted by Crippen LogP contribution is -2.43. The number of aromatic nitrogens is 5. The Morgan fingerprint density at radius 2 is 2.03 bits per heavy atom. The third-order valence-electron chi connectivity index (χ3n) is 6.99. The zero-order chi connectivity index (χ0) is 20.6. The Hall–Kier alpha value is -2.93. The van der Waals surface area contributed by atoms with Gasteiger partial charge in [0.05, 0.1) is 16.7 Å². The van der Waals surface area contributed by atoms with E-state index in [1.807, 2.05) is 4.52 Å². The highest BCUT2D eigenvalue weighted by molar-refractivity contribution is 5.90. The van der Waals surface area contributed by atoms with Crippen LogP contribution in [0.3, 0.4) is 0 Å². The van der Waals surface area contributed by atoms with Gasteiger partial charge in [0.2, 0.25) is 0 Å².